The van der Waals surface area contributed by atoms with Gasteiger partial charge in [0.05, 0.1) is 6.42 Å². The molecule has 0 unspecified atom stereocenters. The monoisotopic (exact) mass is 384 g/mol. The zero-order chi connectivity index (χ0) is 17.8. The summed E-state index contributed by atoms with van der Waals surface area (Å²) in [7, 11) is 0. The zero-order valence-corrected chi connectivity index (χ0v) is 16.7. The molecular weight excluding hydrogens is 356 g/mol. The van der Waals surface area contributed by atoms with Crippen LogP contribution in [0.5, 0.6) is 0 Å². The van der Waals surface area contributed by atoms with E-state index in [4.69, 9.17) is 0 Å². The largest absolute Gasteiger partial charge is 0.342 e. The maximum absolute atomic E-state index is 12.7. The summed E-state index contributed by atoms with van der Waals surface area (Å²) in [5.41, 5.74) is 3.53. The van der Waals surface area contributed by atoms with Gasteiger partial charge in [0.15, 0.2) is 0 Å². The molecule has 4 rings (SSSR count). The summed E-state index contributed by atoms with van der Waals surface area (Å²) in [6.45, 7) is 4.35. The molecule has 0 aromatic heterocycles. The Morgan fingerprint density at radius 1 is 0.815 bits per heavy atom. The second kappa shape index (κ2) is 9.38. The fourth-order valence-corrected chi connectivity index (χ4v) is 4.32. The smallest absolute Gasteiger partial charge is 0.226 e. The molecule has 2 aliphatic heterocycles. The summed E-state index contributed by atoms with van der Waals surface area (Å²) in [6, 6.07) is 19.5. The van der Waals surface area contributed by atoms with Gasteiger partial charge in [0, 0.05) is 19.1 Å². The average molecular weight is 385 g/mol. The molecule has 1 amide bonds. The van der Waals surface area contributed by atoms with E-state index in [1.54, 1.807) is 0 Å². The van der Waals surface area contributed by atoms with Crippen LogP contribution in [0.15, 0.2) is 54.6 Å². The van der Waals surface area contributed by atoms with Crippen LogP contribution in [0.1, 0.15) is 31.2 Å². The van der Waals surface area contributed by atoms with Crippen molar-refractivity contribution in [2.75, 3.05) is 26.2 Å². The van der Waals surface area contributed by atoms with Crippen LogP contribution < -0.4 is 0 Å². The lowest BCUT2D eigenvalue weighted by Gasteiger charge is -2.36. The Kier molecular flexibility index (Phi) is 6.92. The van der Waals surface area contributed by atoms with Crippen LogP contribution in [0, 0.1) is 0 Å². The van der Waals surface area contributed by atoms with Crippen LogP contribution in [0.4, 0.5) is 0 Å². The molecule has 0 bridgehead atoms. The van der Waals surface area contributed by atoms with Crippen molar-refractivity contribution < 1.29 is 4.79 Å². The fraction of sp³-hybridized carbons (Fsp3) is 0.435. The molecule has 2 saturated heterocycles. The van der Waals surface area contributed by atoms with Crippen LogP contribution in [0.2, 0.25) is 0 Å². The van der Waals surface area contributed by atoms with E-state index < -0.39 is 0 Å². The number of carbonyl (C=O) groups excluding carboxylic acids is 1. The molecule has 2 aromatic carbocycles. The first-order valence-corrected chi connectivity index (χ1v) is 9.96. The predicted octanol–water partition coefficient (Wildman–Crippen LogP) is 4.40. The van der Waals surface area contributed by atoms with Crippen molar-refractivity contribution in [3.8, 4) is 11.1 Å². The van der Waals surface area contributed by atoms with Crippen molar-refractivity contribution >= 4 is 18.3 Å². The Balaban J connectivity index is 0.00000210. The normalized spacial score (nSPS) is 18.3. The number of likely N-dealkylation sites (tertiary alicyclic amines) is 2. The van der Waals surface area contributed by atoms with Crippen LogP contribution >= 0.6 is 12.4 Å². The molecule has 0 aliphatic carbocycles. The lowest BCUT2D eigenvalue weighted by atomic mass is 10.0. The molecule has 2 aliphatic rings. The molecule has 27 heavy (non-hydrogen) atoms. The fourth-order valence-electron chi connectivity index (χ4n) is 4.32. The summed E-state index contributed by atoms with van der Waals surface area (Å²) in [6.07, 6.45) is 5.48. The van der Waals surface area contributed by atoms with Gasteiger partial charge in [-0.1, -0.05) is 54.6 Å². The molecule has 3 nitrogen and oxygen atoms in total. The van der Waals surface area contributed by atoms with E-state index in [-0.39, 0.29) is 18.3 Å². The molecule has 4 heteroatoms. The van der Waals surface area contributed by atoms with Gasteiger partial charge in [0.1, 0.15) is 0 Å². The Hall–Kier alpha value is -1.84. The highest BCUT2D eigenvalue weighted by Crippen LogP contribution is 2.22. The van der Waals surface area contributed by atoms with Gasteiger partial charge in [-0.15, -0.1) is 12.4 Å². The highest BCUT2D eigenvalue weighted by atomic mass is 35.5. The quantitative estimate of drug-likeness (QED) is 0.779. The van der Waals surface area contributed by atoms with Gasteiger partial charge in [0.25, 0.3) is 0 Å². The second-order valence-electron chi connectivity index (χ2n) is 7.59. The van der Waals surface area contributed by atoms with Crippen molar-refractivity contribution in [1.82, 2.24) is 9.80 Å². The molecule has 2 fully saturated rings. The SMILES string of the molecule is Cl.O=C(Cc1ccc(-c2ccccc2)cc1)N1CCC(N2CCCC2)CC1. The maximum Gasteiger partial charge on any atom is 0.226 e. The zero-order valence-electron chi connectivity index (χ0n) is 15.8. The summed E-state index contributed by atoms with van der Waals surface area (Å²) < 4.78 is 0. The van der Waals surface area contributed by atoms with Gasteiger partial charge < -0.3 is 9.80 Å². The van der Waals surface area contributed by atoms with Crippen LogP contribution in [-0.2, 0) is 11.2 Å². The minimum Gasteiger partial charge on any atom is -0.342 e. The van der Waals surface area contributed by atoms with Crippen LogP contribution in [-0.4, -0.2) is 47.9 Å². The molecule has 0 N–H and O–H groups in total. The molecule has 0 saturated carbocycles. The van der Waals surface area contributed by atoms with Gasteiger partial charge in [0.2, 0.25) is 5.91 Å². The van der Waals surface area contributed by atoms with E-state index in [0.717, 1.165) is 31.5 Å². The number of hydrogen-bond donors (Lipinski definition) is 0. The van der Waals surface area contributed by atoms with Gasteiger partial charge in [-0.05, 0) is 55.5 Å². The molecule has 0 radical (unpaired) electrons. The second-order valence-corrected chi connectivity index (χ2v) is 7.59. The number of carbonyl (C=O) groups is 1. The Morgan fingerprint density at radius 2 is 1.41 bits per heavy atom. The third-order valence-electron chi connectivity index (χ3n) is 5.89. The lowest BCUT2D eigenvalue weighted by molar-refractivity contribution is -0.132. The minimum absolute atomic E-state index is 0. The molecule has 144 valence electrons. The van der Waals surface area contributed by atoms with Crippen molar-refractivity contribution in [1.29, 1.82) is 0 Å². The van der Waals surface area contributed by atoms with Gasteiger partial charge in [-0.2, -0.15) is 0 Å². The first kappa shape index (κ1) is 19.9. The third kappa shape index (κ3) is 4.91. The number of benzene rings is 2. The summed E-state index contributed by atoms with van der Waals surface area (Å²) >= 11 is 0. The standard InChI is InChI=1S/C23H28N2O.ClH/c26-23(25-16-12-22(13-17-25)24-14-4-5-15-24)18-19-8-10-21(11-9-19)20-6-2-1-3-7-20;/h1-3,6-11,22H,4-5,12-18H2;1H. The number of rotatable bonds is 4. The first-order chi connectivity index (χ1) is 12.8. The topological polar surface area (TPSA) is 23.6 Å². The van der Waals surface area contributed by atoms with E-state index in [9.17, 15) is 4.79 Å². The van der Waals surface area contributed by atoms with E-state index in [2.05, 4.69) is 58.3 Å². The molecule has 0 spiro atoms. The van der Waals surface area contributed by atoms with E-state index in [1.165, 1.54) is 37.1 Å². The van der Waals surface area contributed by atoms with Crippen molar-refractivity contribution in [2.45, 2.75) is 38.1 Å². The summed E-state index contributed by atoms with van der Waals surface area (Å²) in [5, 5.41) is 0. The van der Waals surface area contributed by atoms with Gasteiger partial charge >= 0.3 is 0 Å². The maximum atomic E-state index is 12.7. The third-order valence-corrected chi connectivity index (χ3v) is 5.89. The summed E-state index contributed by atoms with van der Waals surface area (Å²) in [5.74, 6) is 0.275. The first-order valence-electron chi connectivity index (χ1n) is 9.96. The van der Waals surface area contributed by atoms with Crippen molar-refractivity contribution in [3.63, 3.8) is 0 Å². The number of amides is 1. The minimum atomic E-state index is 0. The lowest BCUT2D eigenvalue weighted by Crippen LogP contribution is -2.46. The average Bonchev–Trinajstić information content (AvgIpc) is 3.24. The Labute approximate surface area is 168 Å². The molecule has 2 heterocycles. The number of halogens is 1. The molecular formula is C23H29ClN2O. The predicted molar refractivity (Wildman–Crippen MR) is 113 cm³/mol. The van der Waals surface area contributed by atoms with Crippen molar-refractivity contribution in [2.24, 2.45) is 0 Å². The highest BCUT2D eigenvalue weighted by Gasteiger charge is 2.28. The Bertz CT molecular complexity index is 718. The van der Waals surface area contributed by atoms with E-state index >= 15 is 0 Å². The summed E-state index contributed by atoms with van der Waals surface area (Å²) in [4.78, 5) is 17.4. The van der Waals surface area contributed by atoms with Crippen molar-refractivity contribution in [3.05, 3.63) is 60.2 Å². The number of nitrogens with zero attached hydrogens (tertiary/aromatic N) is 2. The Morgan fingerprint density at radius 3 is 2.04 bits per heavy atom. The number of hydrogen-bond acceptors (Lipinski definition) is 2. The molecule has 0 atom stereocenters. The van der Waals surface area contributed by atoms with Crippen LogP contribution in [0.25, 0.3) is 11.1 Å². The van der Waals surface area contributed by atoms with Gasteiger partial charge in [-0.25, -0.2) is 0 Å². The van der Waals surface area contributed by atoms with E-state index in [0.29, 0.717) is 12.5 Å². The van der Waals surface area contributed by atoms with Crippen LogP contribution in [0.3, 0.4) is 0 Å². The van der Waals surface area contributed by atoms with Gasteiger partial charge in [-0.3, -0.25) is 4.79 Å². The van der Waals surface area contributed by atoms with E-state index in [1.807, 2.05) is 6.07 Å². The highest BCUT2D eigenvalue weighted by molar-refractivity contribution is 5.85. The number of piperidine rings is 1. The molecule has 2 aromatic rings.